The molecule has 0 aliphatic carbocycles. The first-order valence-electron chi connectivity index (χ1n) is 9.24. The van der Waals surface area contributed by atoms with Crippen molar-refractivity contribution in [1.29, 1.82) is 0 Å². The molecule has 1 aliphatic heterocycles. The van der Waals surface area contributed by atoms with Gasteiger partial charge in [-0.25, -0.2) is 9.37 Å². The minimum atomic E-state index is -0.507. The maximum absolute atomic E-state index is 13.4. The molecule has 2 amide bonds. The van der Waals surface area contributed by atoms with Crippen molar-refractivity contribution in [2.45, 2.75) is 19.5 Å². The van der Waals surface area contributed by atoms with Crippen LogP contribution in [-0.2, 0) is 22.7 Å². The first-order valence-corrected chi connectivity index (χ1v) is 9.24. The van der Waals surface area contributed by atoms with E-state index in [0.29, 0.717) is 24.4 Å². The number of nitrogens with one attached hydrogen (secondary N) is 1. The van der Waals surface area contributed by atoms with Gasteiger partial charge < -0.3 is 14.6 Å². The van der Waals surface area contributed by atoms with E-state index in [2.05, 4.69) is 10.3 Å². The number of furan rings is 1. The van der Waals surface area contributed by atoms with Gasteiger partial charge in [0.15, 0.2) is 0 Å². The molecule has 0 unspecified atom stereocenters. The number of amides is 2. The fourth-order valence-corrected chi connectivity index (χ4v) is 3.43. The molecule has 29 heavy (non-hydrogen) atoms. The van der Waals surface area contributed by atoms with E-state index in [0.717, 1.165) is 6.07 Å². The van der Waals surface area contributed by atoms with Crippen LogP contribution >= 0.6 is 0 Å². The molecule has 8 nitrogen and oxygen atoms in total. The lowest BCUT2D eigenvalue weighted by atomic mass is 10.1. The van der Waals surface area contributed by atoms with E-state index in [1.54, 1.807) is 17.0 Å². The normalized spacial score (nSPS) is 16.5. The predicted octanol–water partition coefficient (Wildman–Crippen LogP) is 1.29. The number of nitrogens with zero attached hydrogens (tertiary/aromatic N) is 3. The third-order valence-corrected chi connectivity index (χ3v) is 4.95. The molecule has 1 aromatic carbocycles. The van der Waals surface area contributed by atoms with E-state index in [1.165, 1.54) is 29.3 Å². The van der Waals surface area contributed by atoms with Crippen molar-refractivity contribution in [3.63, 3.8) is 0 Å². The van der Waals surface area contributed by atoms with Gasteiger partial charge in [0.25, 0.3) is 5.56 Å². The summed E-state index contributed by atoms with van der Waals surface area (Å²) in [6.07, 6.45) is 3.06. The number of benzene rings is 1. The lowest BCUT2D eigenvalue weighted by Crippen LogP contribution is -2.36. The number of hydrogen-bond acceptors (Lipinski definition) is 5. The highest BCUT2D eigenvalue weighted by atomic mass is 19.1. The third kappa shape index (κ3) is 4.03. The quantitative estimate of drug-likeness (QED) is 0.675. The number of likely N-dealkylation sites (tertiary alicyclic amines) is 1. The van der Waals surface area contributed by atoms with Crippen molar-refractivity contribution in [3.8, 4) is 0 Å². The summed E-state index contributed by atoms with van der Waals surface area (Å²) in [6, 6.07) is 7.37. The molecular formula is C20H19FN4O4. The number of carbonyl (C=O) groups is 2. The zero-order chi connectivity index (χ0) is 20.4. The minimum absolute atomic E-state index is 0.0986. The molecule has 2 aromatic heterocycles. The molecule has 9 heteroatoms. The summed E-state index contributed by atoms with van der Waals surface area (Å²) < 4.78 is 20.0. The van der Waals surface area contributed by atoms with Crippen LogP contribution in [0, 0.1) is 11.7 Å². The topological polar surface area (TPSA) is 97.4 Å². The second kappa shape index (κ2) is 7.86. The maximum atomic E-state index is 13.4. The monoisotopic (exact) mass is 398 g/mol. The number of hydrogen-bond donors (Lipinski definition) is 1. The van der Waals surface area contributed by atoms with Crippen molar-refractivity contribution < 1.29 is 18.4 Å². The third-order valence-electron chi connectivity index (χ3n) is 4.95. The molecule has 0 bridgehead atoms. The average molecular weight is 398 g/mol. The van der Waals surface area contributed by atoms with Crippen LogP contribution in [0.2, 0.25) is 0 Å². The zero-order valence-corrected chi connectivity index (χ0v) is 15.5. The Hall–Kier alpha value is -3.49. The Labute approximate surface area is 164 Å². The van der Waals surface area contributed by atoms with Crippen LogP contribution in [0.1, 0.15) is 12.2 Å². The van der Waals surface area contributed by atoms with Gasteiger partial charge in [-0.3, -0.25) is 19.0 Å². The largest absolute Gasteiger partial charge is 0.467 e. The van der Waals surface area contributed by atoms with Crippen LogP contribution in [-0.4, -0.2) is 39.4 Å². The van der Waals surface area contributed by atoms with E-state index < -0.39 is 11.7 Å². The van der Waals surface area contributed by atoms with Crippen LogP contribution in [0.5, 0.6) is 0 Å². The molecule has 1 atom stereocenters. The standard InChI is InChI=1S/C20H19FN4O4/c21-14-3-4-17-16(9-14)20(28)24(12-23-17)6-5-22-19(27)13-8-18(26)25(10-13)11-15-2-1-7-29-15/h1-4,7,9,12-13H,5-6,8,10-11H2,(H,22,27)/t13-/m1/s1. The van der Waals surface area contributed by atoms with Crippen LogP contribution in [0.15, 0.2) is 52.1 Å². The highest BCUT2D eigenvalue weighted by Crippen LogP contribution is 2.20. The van der Waals surface area contributed by atoms with Crippen molar-refractivity contribution in [1.82, 2.24) is 19.8 Å². The molecule has 1 aliphatic rings. The summed E-state index contributed by atoms with van der Waals surface area (Å²) >= 11 is 0. The molecule has 0 saturated carbocycles. The minimum Gasteiger partial charge on any atom is -0.467 e. The predicted molar refractivity (Wildman–Crippen MR) is 101 cm³/mol. The van der Waals surface area contributed by atoms with E-state index >= 15 is 0 Å². The lowest BCUT2D eigenvalue weighted by Gasteiger charge is -2.15. The van der Waals surface area contributed by atoms with Crippen LogP contribution in [0.4, 0.5) is 4.39 Å². The van der Waals surface area contributed by atoms with Gasteiger partial charge in [0.2, 0.25) is 11.8 Å². The van der Waals surface area contributed by atoms with E-state index in [-0.39, 0.29) is 42.3 Å². The highest BCUT2D eigenvalue weighted by Gasteiger charge is 2.34. The van der Waals surface area contributed by atoms with Gasteiger partial charge in [-0.1, -0.05) is 0 Å². The molecule has 150 valence electrons. The summed E-state index contributed by atoms with van der Waals surface area (Å²) in [7, 11) is 0. The number of carbonyl (C=O) groups excluding carboxylic acids is 2. The molecule has 1 fully saturated rings. The Balaban J connectivity index is 1.33. The van der Waals surface area contributed by atoms with Crippen LogP contribution in [0.25, 0.3) is 10.9 Å². The fraction of sp³-hybridized carbons (Fsp3) is 0.300. The summed E-state index contributed by atoms with van der Waals surface area (Å²) in [6.45, 7) is 1.05. The SMILES string of the molecule is O=C(NCCn1cnc2ccc(F)cc2c1=O)[C@@H]1CC(=O)N(Cc2ccco2)C1. The molecule has 4 rings (SSSR count). The van der Waals surface area contributed by atoms with Crippen LogP contribution in [0.3, 0.4) is 0 Å². The average Bonchev–Trinajstić information content (AvgIpc) is 3.34. The van der Waals surface area contributed by atoms with Gasteiger partial charge in [-0.15, -0.1) is 0 Å². The molecule has 1 saturated heterocycles. The van der Waals surface area contributed by atoms with Crippen molar-refractivity contribution in [2.75, 3.05) is 13.1 Å². The lowest BCUT2D eigenvalue weighted by molar-refractivity contribution is -0.129. The first-order chi connectivity index (χ1) is 14.0. The zero-order valence-electron chi connectivity index (χ0n) is 15.5. The van der Waals surface area contributed by atoms with E-state index in [1.807, 2.05) is 0 Å². The Kier molecular flexibility index (Phi) is 5.11. The molecule has 0 radical (unpaired) electrons. The number of rotatable bonds is 6. The second-order valence-electron chi connectivity index (χ2n) is 6.95. The van der Waals surface area contributed by atoms with Crippen molar-refractivity contribution >= 4 is 22.7 Å². The summed E-state index contributed by atoms with van der Waals surface area (Å²) in [5, 5.41) is 2.95. The fourth-order valence-electron chi connectivity index (χ4n) is 3.43. The van der Waals surface area contributed by atoms with Gasteiger partial charge in [0.1, 0.15) is 11.6 Å². The Morgan fingerprint density at radius 3 is 2.97 bits per heavy atom. The van der Waals surface area contributed by atoms with Crippen LogP contribution < -0.4 is 10.9 Å². The molecule has 1 N–H and O–H groups in total. The molecule has 3 aromatic rings. The van der Waals surface area contributed by atoms with E-state index in [4.69, 9.17) is 4.42 Å². The van der Waals surface area contributed by atoms with Gasteiger partial charge in [0, 0.05) is 26.1 Å². The molecule has 0 spiro atoms. The second-order valence-corrected chi connectivity index (χ2v) is 6.95. The van der Waals surface area contributed by atoms with Gasteiger partial charge in [-0.05, 0) is 30.3 Å². The Bertz CT molecular complexity index is 1110. The van der Waals surface area contributed by atoms with E-state index in [9.17, 15) is 18.8 Å². The molecule has 3 heterocycles. The summed E-state index contributed by atoms with van der Waals surface area (Å²) in [4.78, 5) is 42.7. The summed E-state index contributed by atoms with van der Waals surface area (Å²) in [5.41, 5.74) is 0.0437. The van der Waals surface area contributed by atoms with Gasteiger partial charge in [0.05, 0.1) is 36.0 Å². The van der Waals surface area contributed by atoms with Crippen molar-refractivity contribution in [2.24, 2.45) is 5.92 Å². The highest BCUT2D eigenvalue weighted by molar-refractivity contribution is 5.89. The Morgan fingerprint density at radius 1 is 1.31 bits per heavy atom. The maximum Gasteiger partial charge on any atom is 0.261 e. The van der Waals surface area contributed by atoms with Gasteiger partial charge in [-0.2, -0.15) is 0 Å². The number of fused-ring (bicyclic) bond motifs is 1. The number of aromatic nitrogens is 2. The van der Waals surface area contributed by atoms with Crippen molar-refractivity contribution in [3.05, 3.63) is 64.9 Å². The summed E-state index contributed by atoms with van der Waals surface area (Å²) in [5.74, 6) is -0.629. The number of halogens is 1. The Morgan fingerprint density at radius 2 is 2.17 bits per heavy atom. The van der Waals surface area contributed by atoms with Gasteiger partial charge >= 0.3 is 0 Å². The smallest absolute Gasteiger partial charge is 0.261 e. The first kappa shape index (κ1) is 18.9. The molecular weight excluding hydrogens is 379 g/mol.